The van der Waals surface area contributed by atoms with Crippen molar-refractivity contribution in [3.8, 4) is 6.07 Å². The lowest BCUT2D eigenvalue weighted by molar-refractivity contribution is 0.0591. The lowest BCUT2D eigenvalue weighted by atomic mass is 9.85. The monoisotopic (exact) mass is 443 g/mol. The molecule has 1 aliphatic carbocycles. The van der Waals surface area contributed by atoms with Gasteiger partial charge in [0, 0.05) is 57.5 Å². The van der Waals surface area contributed by atoms with Crippen LogP contribution in [0.3, 0.4) is 0 Å². The first-order chi connectivity index (χ1) is 14.6. The molecule has 0 saturated carbocycles. The van der Waals surface area contributed by atoms with E-state index in [1.54, 1.807) is 35.4 Å². The van der Waals surface area contributed by atoms with E-state index in [1.165, 1.54) is 4.31 Å². The number of rotatable bonds is 4. The Bertz CT molecular complexity index is 1050. The van der Waals surface area contributed by atoms with E-state index in [2.05, 4.69) is 11.1 Å². The molecule has 1 aromatic rings. The van der Waals surface area contributed by atoms with Crippen LogP contribution < -0.4 is 4.90 Å². The van der Waals surface area contributed by atoms with Gasteiger partial charge in [0.15, 0.2) is 0 Å². The Balaban J connectivity index is 1.75. The van der Waals surface area contributed by atoms with E-state index in [9.17, 15) is 18.5 Å². The van der Waals surface area contributed by atoms with Crippen molar-refractivity contribution in [2.75, 3.05) is 38.6 Å². The highest BCUT2D eigenvalue weighted by Crippen LogP contribution is 2.35. The van der Waals surface area contributed by atoms with Crippen molar-refractivity contribution in [2.24, 2.45) is 11.8 Å². The molecular weight excluding hydrogens is 414 g/mol. The highest BCUT2D eigenvalue weighted by Gasteiger charge is 2.39. The van der Waals surface area contributed by atoms with Crippen LogP contribution in [0.15, 0.2) is 41.0 Å². The smallest absolute Gasteiger partial charge is 0.255 e. The fraction of sp³-hybridized carbons (Fsp3) is 0.500. The molecule has 0 bridgehead atoms. The second-order valence-corrected chi connectivity index (χ2v) is 10.3. The second kappa shape index (κ2) is 8.81. The SMILES string of the molecule is CC1C(C#N)=CC=C(S(=O)(=O)N2CCN(C(=O)c3ccc(N(C)C)nc3)[C@@H](C)C2)C1C. The van der Waals surface area contributed by atoms with Gasteiger partial charge in [-0.3, -0.25) is 4.79 Å². The molecule has 1 saturated heterocycles. The molecule has 0 radical (unpaired) electrons. The van der Waals surface area contributed by atoms with E-state index in [-0.39, 0.29) is 36.9 Å². The number of allylic oxidation sites excluding steroid dienone is 4. The van der Waals surface area contributed by atoms with Crippen molar-refractivity contribution < 1.29 is 13.2 Å². The molecule has 8 nitrogen and oxygen atoms in total. The van der Waals surface area contributed by atoms with Crippen molar-refractivity contribution in [1.82, 2.24) is 14.2 Å². The van der Waals surface area contributed by atoms with E-state index < -0.39 is 10.0 Å². The van der Waals surface area contributed by atoms with Gasteiger partial charge < -0.3 is 9.80 Å². The molecule has 0 spiro atoms. The number of aromatic nitrogens is 1. The van der Waals surface area contributed by atoms with Gasteiger partial charge in [-0.05, 0) is 37.1 Å². The summed E-state index contributed by atoms with van der Waals surface area (Å²) in [6, 6.07) is 5.41. The van der Waals surface area contributed by atoms with Gasteiger partial charge in [-0.1, -0.05) is 13.8 Å². The Morgan fingerprint density at radius 2 is 1.87 bits per heavy atom. The van der Waals surface area contributed by atoms with Gasteiger partial charge in [-0.2, -0.15) is 9.57 Å². The lowest BCUT2D eigenvalue weighted by Gasteiger charge is -2.40. The molecule has 31 heavy (non-hydrogen) atoms. The Morgan fingerprint density at radius 3 is 2.42 bits per heavy atom. The molecule has 3 atom stereocenters. The first kappa shape index (κ1) is 23.0. The van der Waals surface area contributed by atoms with Crippen molar-refractivity contribution in [2.45, 2.75) is 26.8 Å². The minimum Gasteiger partial charge on any atom is -0.363 e. The molecule has 2 aliphatic rings. The third-order valence-electron chi connectivity index (χ3n) is 6.19. The minimum absolute atomic E-state index is 0.150. The molecule has 0 aromatic carbocycles. The summed E-state index contributed by atoms with van der Waals surface area (Å²) in [5, 5.41) is 9.22. The number of hydrogen-bond acceptors (Lipinski definition) is 6. The molecular formula is C22H29N5O3S. The van der Waals surface area contributed by atoms with Crippen molar-refractivity contribution in [3.05, 3.63) is 46.5 Å². The van der Waals surface area contributed by atoms with Crippen molar-refractivity contribution >= 4 is 21.7 Å². The number of pyridine rings is 1. The Morgan fingerprint density at radius 1 is 1.16 bits per heavy atom. The van der Waals surface area contributed by atoms with Crippen LogP contribution in [0.25, 0.3) is 0 Å². The molecule has 2 heterocycles. The maximum Gasteiger partial charge on any atom is 0.255 e. The molecule has 1 fully saturated rings. The molecule has 9 heteroatoms. The van der Waals surface area contributed by atoms with Gasteiger partial charge in [0.2, 0.25) is 10.0 Å². The van der Waals surface area contributed by atoms with Gasteiger partial charge >= 0.3 is 0 Å². The molecule has 3 rings (SSSR count). The maximum atomic E-state index is 13.3. The summed E-state index contributed by atoms with van der Waals surface area (Å²) in [5.74, 6) is 0.180. The number of hydrogen-bond donors (Lipinski definition) is 0. The summed E-state index contributed by atoms with van der Waals surface area (Å²) >= 11 is 0. The Labute approximate surface area is 184 Å². The van der Waals surface area contributed by atoms with Gasteiger partial charge in [-0.15, -0.1) is 0 Å². The van der Waals surface area contributed by atoms with Crippen LogP contribution in [0.2, 0.25) is 0 Å². The van der Waals surface area contributed by atoms with Gasteiger partial charge in [-0.25, -0.2) is 13.4 Å². The van der Waals surface area contributed by atoms with Crippen LogP contribution in [0, 0.1) is 23.2 Å². The van der Waals surface area contributed by atoms with Crippen LogP contribution in [0.4, 0.5) is 5.82 Å². The summed E-state index contributed by atoms with van der Waals surface area (Å²) in [7, 11) is 0.0855. The number of piperazine rings is 1. The van der Waals surface area contributed by atoms with Crippen LogP contribution in [0.5, 0.6) is 0 Å². The lowest BCUT2D eigenvalue weighted by Crippen LogP contribution is -2.55. The maximum absolute atomic E-state index is 13.3. The van der Waals surface area contributed by atoms with E-state index in [4.69, 9.17) is 0 Å². The highest BCUT2D eigenvalue weighted by atomic mass is 32.2. The zero-order valence-electron chi connectivity index (χ0n) is 18.6. The largest absolute Gasteiger partial charge is 0.363 e. The molecule has 1 aromatic heterocycles. The average molecular weight is 444 g/mol. The number of amides is 1. The van der Waals surface area contributed by atoms with Crippen LogP contribution >= 0.6 is 0 Å². The first-order valence-corrected chi connectivity index (χ1v) is 11.8. The standard InChI is InChI=1S/C22H29N5O3S/c1-15-14-26(31(29,30)20-8-6-18(12-23)16(2)17(20)3)10-11-27(15)22(28)19-7-9-21(24-13-19)25(4)5/h6-9,13,15-17H,10-11,14H2,1-5H3/t15-,16?,17?/m0/s1. The minimum atomic E-state index is -3.68. The van der Waals surface area contributed by atoms with Crippen molar-refractivity contribution in [1.29, 1.82) is 5.26 Å². The summed E-state index contributed by atoms with van der Waals surface area (Å²) < 4.78 is 28.1. The summed E-state index contributed by atoms with van der Waals surface area (Å²) in [6.45, 7) is 6.34. The normalized spacial score (nSPS) is 24.8. The van der Waals surface area contributed by atoms with Gasteiger partial charge in [0.1, 0.15) is 5.82 Å². The van der Waals surface area contributed by atoms with Gasteiger partial charge in [0.25, 0.3) is 5.91 Å². The quantitative estimate of drug-likeness (QED) is 0.708. The third-order valence-corrected chi connectivity index (χ3v) is 8.30. The fourth-order valence-electron chi connectivity index (χ4n) is 3.99. The Kier molecular flexibility index (Phi) is 6.53. The summed E-state index contributed by atoms with van der Waals surface area (Å²) in [6.07, 6.45) is 4.71. The van der Waals surface area contributed by atoms with Crippen molar-refractivity contribution in [3.63, 3.8) is 0 Å². The van der Waals surface area contributed by atoms with E-state index in [0.717, 1.165) is 5.82 Å². The van der Waals surface area contributed by atoms with Crippen LogP contribution in [-0.2, 0) is 10.0 Å². The predicted octanol–water partition coefficient (Wildman–Crippen LogP) is 2.24. The highest BCUT2D eigenvalue weighted by molar-refractivity contribution is 7.93. The summed E-state index contributed by atoms with van der Waals surface area (Å²) in [4.78, 5) is 21.2. The fourth-order valence-corrected chi connectivity index (χ4v) is 5.93. The third kappa shape index (κ3) is 4.36. The average Bonchev–Trinajstić information content (AvgIpc) is 2.75. The van der Waals surface area contributed by atoms with Crippen LogP contribution in [0.1, 0.15) is 31.1 Å². The molecule has 0 N–H and O–H groups in total. The topological polar surface area (TPSA) is 97.6 Å². The number of carbonyl (C=O) groups is 1. The van der Waals surface area contributed by atoms with Gasteiger partial charge in [0.05, 0.1) is 16.5 Å². The predicted molar refractivity (Wildman–Crippen MR) is 120 cm³/mol. The zero-order valence-corrected chi connectivity index (χ0v) is 19.4. The Hall–Kier alpha value is -2.70. The molecule has 166 valence electrons. The first-order valence-electron chi connectivity index (χ1n) is 10.3. The molecule has 1 amide bonds. The van der Waals surface area contributed by atoms with E-state index in [1.807, 2.05) is 39.8 Å². The summed E-state index contributed by atoms with van der Waals surface area (Å²) in [5.41, 5.74) is 1.07. The van der Waals surface area contributed by atoms with E-state index >= 15 is 0 Å². The number of carbonyl (C=O) groups excluding carboxylic acids is 1. The van der Waals surface area contributed by atoms with Crippen LogP contribution in [-0.4, -0.2) is 68.3 Å². The number of nitriles is 1. The number of nitrogens with zero attached hydrogens (tertiary/aromatic N) is 5. The second-order valence-electron chi connectivity index (χ2n) is 8.39. The van der Waals surface area contributed by atoms with E-state index in [0.29, 0.717) is 22.6 Å². The molecule has 1 aliphatic heterocycles. The zero-order chi connectivity index (χ0) is 22.9. The number of sulfonamides is 1. The number of anilines is 1. The molecule has 2 unspecified atom stereocenters.